The van der Waals surface area contributed by atoms with Gasteiger partial charge in [-0.3, -0.25) is 0 Å². The molecule has 0 fully saturated rings. The maximum absolute atomic E-state index is 13.1. The zero-order chi connectivity index (χ0) is 14.5. The highest BCUT2D eigenvalue weighted by molar-refractivity contribution is 7.19. The standard InChI is InChI=1S/C10H5F4N5S/c11-5-2-1-4(3-6(5)15)7-18-19-8(10(12,13)14)16-17-9(19)20-7/h1-3H,15H2. The topological polar surface area (TPSA) is 69.1 Å². The third-order valence-electron chi connectivity index (χ3n) is 2.49. The molecule has 3 rings (SSSR count). The van der Waals surface area contributed by atoms with Crippen LogP contribution in [0.3, 0.4) is 0 Å². The molecule has 0 atom stereocenters. The minimum atomic E-state index is -4.65. The van der Waals surface area contributed by atoms with Crippen molar-refractivity contribution >= 4 is 22.0 Å². The zero-order valence-electron chi connectivity index (χ0n) is 9.52. The molecule has 2 heterocycles. The van der Waals surface area contributed by atoms with Crippen LogP contribution < -0.4 is 5.73 Å². The number of nitrogen functional groups attached to an aromatic ring is 1. The van der Waals surface area contributed by atoms with Crippen molar-refractivity contribution in [2.45, 2.75) is 6.18 Å². The molecule has 0 spiro atoms. The van der Waals surface area contributed by atoms with Crippen molar-refractivity contribution in [1.29, 1.82) is 0 Å². The van der Waals surface area contributed by atoms with Gasteiger partial charge in [0, 0.05) is 5.56 Å². The van der Waals surface area contributed by atoms with E-state index < -0.39 is 17.8 Å². The largest absolute Gasteiger partial charge is 0.453 e. The number of halogens is 4. The van der Waals surface area contributed by atoms with Crippen LogP contribution in [0.1, 0.15) is 5.82 Å². The molecule has 0 aliphatic carbocycles. The first-order valence-electron chi connectivity index (χ1n) is 5.21. The molecule has 1 aromatic carbocycles. The number of nitrogens with two attached hydrogens (primary N) is 1. The fourth-order valence-electron chi connectivity index (χ4n) is 1.59. The maximum atomic E-state index is 13.1. The molecule has 5 nitrogen and oxygen atoms in total. The summed E-state index contributed by atoms with van der Waals surface area (Å²) in [5, 5.41) is 10.5. The molecule has 10 heteroatoms. The quantitative estimate of drug-likeness (QED) is 0.554. The third kappa shape index (κ3) is 1.97. The number of aromatic nitrogens is 4. The second kappa shape index (κ2) is 4.13. The van der Waals surface area contributed by atoms with Gasteiger partial charge in [-0.25, -0.2) is 4.39 Å². The molecule has 0 saturated carbocycles. The number of benzene rings is 1. The van der Waals surface area contributed by atoms with Gasteiger partial charge in [0.15, 0.2) is 0 Å². The summed E-state index contributed by atoms with van der Waals surface area (Å²) in [6, 6.07) is 3.80. The molecule has 2 N–H and O–H groups in total. The Kier molecular flexibility index (Phi) is 2.64. The number of hydrogen-bond acceptors (Lipinski definition) is 5. The predicted molar refractivity (Wildman–Crippen MR) is 63.5 cm³/mol. The van der Waals surface area contributed by atoms with Crippen LogP contribution in [-0.2, 0) is 6.18 Å². The minimum Gasteiger partial charge on any atom is -0.396 e. The number of anilines is 1. The number of fused-ring (bicyclic) bond motifs is 1. The van der Waals surface area contributed by atoms with Crippen LogP contribution in [0.15, 0.2) is 18.2 Å². The Hall–Kier alpha value is -2.23. The Morgan fingerprint density at radius 3 is 2.60 bits per heavy atom. The maximum Gasteiger partial charge on any atom is 0.453 e. The van der Waals surface area contributed by atoms with Crippen LogP contribution >= 0.6 is 11.3 Å². The van der Waals surface area contributed by atoms with Gasteiger partial charge in [-0.1, -0.05) is 11.3 Å². The van der Waals surface area contributed by atoms with Gasteiger partial charge in [-0.2, -0.15) is 22.8 Å². The lowest BCUT2D eigenvalue weighted by atomic mass is 10.2. The van der Waals surface area contributed by atoms with E-state index in [1.54, 1.807) is 0 Å². The molecule has 0 aliphatic rings. The van der Waals surface area contributed by atoms with E-state index in [9.17, 15) is 17.6 Å². The second-order valence-electron chi connectivity index (χ2n) is 3.86. The van der Waals surface area contributed by atoms with Gasteiger partial charge in [-0.05, 0) is 18.2 Å². The predicted octanol–water partition coefficient (Wildman–Crippen LogP) is 2.59. The average molecular weight is 303 g/mol. The van der Waals surface area contributed by atoms with Crippen LogP contribution in [0.25, 0.3) is 15.5 Å². The number of rotatable bonds is 1. The van der Waals surface area contributed by atoms with Crippen molar-refractivity contribution < 1.29 is 17.6 Å². The van der Waals surface area contributed by atoms with E-state index in [0.717, 1.165) is 17.4 Å². The fraction of sp³-hybridized carbons (Fsp3) is 0.100. The summed E-state index contributed by atoms with van der Waals surface area (Å²) in [5.41, 5.74) is 5.72. The Balaban J connectivity index is 2.14. The van der Waals surface area contributed by atoms with Crippen molar-refractivity contribution in [1.82, 2.24) is 19.8 Å². The average Bonchev–Trinajstić information content (AvgIpc) is 2.90. The van der Waals surface area contributed by atoms with Crippen molar-refractivity contribution in [3.8, 4) is 10.6 Å². The number of alkyl halides is 3. The Bertz CT molecular complexity index is 791. The molecule has 0 aliphatic heterocycles. The first-order valence-corrected chi connectivity index (χ1v) is 6.03. The minimum absolute atomic E-state index is 0.00442. The summed E-state index contributed by atoms with van der Waals surface area (Å²) in [7, 11) is 0. The molecule has 2 aromatic heterocycles. The molecule has 20 heavy (non-hydrogen) atoms. The molecular formula is C10H5F4N5S. The van der Waals surface area contributed by atoms with Crippen LogP contribution in [0, 0.1) is 5.82 Å². The lowest BCUT2D eigenvalue weighted by molar-refractivity contribution is -0.146. The van der Waals surface area contributed by atoms with E-state index >= 15 is 0 Å². The fourth-order valence-corrected chi connectivity index (χ4v) is 2.42. The van der Waals surface area contributed by atoms with Crippen LogP contribution in [0.4, 0.5) is 23.2 Å². The van der Waals surface area contributed by atoms with Gasteiger partial charge >= 0.3 is 6.18 Å². The van der Waals surface area contributed by atoms with Crippen LogP contribution in [0.2, 0.25) is 0 Å². The van der Waals surface area contributed by atoms with Crippen molar-refractivity contribution in [3.05, 3.63) is 29.8 Å². The van der Waals surface area contributed by atoms with Crippen LogP contribution in [-0.4, -0.2) is 19.8 Å². The monoisotopic (exact) mass is 303 g/mol. The second-order valence-corrected chi connectivity index (χ2v) is 4.82. The lowest BCUT2D eigenvalue weighted by Gasteiger charge is -2.01. The Labute approximate surface area is 112 Å². The van der Waals surface area contributed by atoms with E-state index in [1.807, 2.05) is 0 Å². The molecule has 3 aromatic rings. The first-order chi connectivity index (χ1) is 9.36. The first kappa shape index (κ1) is 12.8. The highest BCUT2D eigenvalue weighted by Gasteiger charge is 2.38. The smallest absolute Gasteiger partial charge is 0.396 e. The SMILES string of the molecule is Nc1cc(-c2nn3c(C(F)(F)F)nnc3s2)ccc1F. The normalized spacial score (nSPS) is 12.2. The summed E-state index contributed by atoms with van der Waals surface area (Å²) in [6.07, 6.45) is -4.65. The summed E-state index contributed by atoms with van der Waals surface area (Å²) in [4.78, 5) is -0.00442. The van der Waals surface area contributed by atoms with Crippen molar-refractivity contribution in [2.75, 3.05) is 5.73 Å². The summed E-state index contributed by atoms with van der Waals surface area (Å²) >= 11 is 0.902. The third-order valence-corrected chi connectivity index (χ3v) is 3.44. The molecule has 0 saturated heterocycles. The molecule has 0 bridgehead atoms. The van der Waals surface area contributed by atoms with Gasteiger partial charge < -0.3 is 5.73 Å². The van der Waals surface area contributed by atoms with Crippen molar-refractivity contribution in [3.63, 3.8) is 0 Å². The van der Waals surface area contributed by atoms with Crippen molar-refractivity contribution in [2.24, 2.45) is 0 Å². The van der Waals surface area contributed by atoms with Gasteiger partial charge in [0.1, 0.15) is 10.8 Å². The molecule has 0 radical (unpaired) electrons. The summed E-state index contributed by atoms with van der Waals surface area (Å²) in [5.74, 6) is -1.81. The molecular weight excluding hydrogens is 298 g/mol. The number of hydrogen-bond donors (Lipinski definition) is 1. The summed E-state index contributed by atoms with van der Waals surface area (Å²) < 4.78 is 51.6. The van der Waals surface area contributed by atoms with Gasteiger partial charge in [0.2, 0.25) is 4.96 Å². The van der Waals surface area contributed by atoms with Crippen LogP contribution in [0.5, 0.6) is 0 Å². The van der Waals surface area contributed by atoms with Gasteiger partial charge in [0.05, 0.1) is 5.69 Å². The Morgan fingerprint density at radius 1 is 1.20 bits per heavy atom. The molecule has 104 valence electrons. The highest BCUT2D eigenvalue weighted by Crippen LogP contribution is 2.32. The summed E-state index contributed by atoms with van der Waals surface area (Å²) in [6.45, 7) is 0. The Morgan fingerprint density at radius 2 is 1.95 bits per heavy atom. The molecule has 0 amide bonds. The number of nitrogens with zero attached hydrogens (tertiary/aromatic N) is 4. The highest BCUT2D eigenvalue weighted by atomic mass is 32.1. The van der Waals surface area contributed by atoms with Gasteiger partial charge in [-0.15, -0.1) is 10.2 Å². The van der Waals surface area contributed by atoms with E-state index in [1.165, 1.54) is 12.1 Å². The molecule has 0 unspecified atom stereocenters. The lowest BCUT2D eigenvalue weighted by Crippen LogP contribution is -2.11. The van der Waals surface area contributed by atoms with E-state index in [0.29, 0.717) is 10.1 Å². The van der Waals surface area contributed by atoms with E-state index in [2.05, 4.69) is 15.3 Å². The van der Waals surface area contributed by atoms with Gasteiger partial charge in [0.25, 0.3) is 5.82 Å². The van der Waals surface area contributed by atoms with E-state index in [-0.39, 0.29) is 15.7 Å². The zero-order valence-corrected chi connectivity index (χ0v) is 10.3. The van der Waals surface area contributed by atoms with E-state index in [4.69, 9.17) is 5.73 Å².